The van der Waals surface area contributed by atoms with E-state index in [1.165, 1.54) is 4.90 Å². The average molecular weight is 477 g/mol. The number of hydrogen-bond acceptors (Lipinski definition) is 5. The van der Waals surface area contributed by atoms with Gasteiger partial charge in [-0.3, -0.25) is 19.2 Å². The van der Waals surface area contributed by atoms with E-state index in [1.807, 2.05) is 57.2 Å². The number of nitrogens with one attached hydrogen (secondary N) is 1. The van der Waals surface area contributed by atoms with E-state index < -0.39 is 5.54 Å². The van der Waals surface area contributed by atoms with Crippen LogP contribution in [0.15, 0.2) is 54.6 Å². The molecule has 0 saturated carbocycles. The van der Waals surface area contributed by atoms with Crippen LogP contribution in [-0.4, -0.2) is 41.4 Å². The van der Waals surface area contributed by atoms with E-state index in [9.17, 15) is 9.59 Å². The fraction of sp³-hybridized carbons (Fsp3) is 0.370. The van der Waals surface area contributed by atoms with Gasteiger partial charge in [-0.15, -0.1) is 0 Å². The highest BCUT2D eigenvalue weighted by molar-refractivity contribution is 6.12. The molecule has 0 bridgehead atoms. The third kappa shape index (κ3) is 4.60. The third-order valence-electron chi connectivity index (χ3n) is 6.30. The van der Waals surface area contributed by atoms with E-state index in [0.29, 0.717) is 29.4 Å². The number of hydrogen-bond donors (Lipinski definition) is 1. The Morgan fingerprint density at radius 1 is 1.06 bits per heavy atom. The summed E-state index contributed by atoms with van der Waals surface area (Å²) < 4.78 is 12.5. The molecule has 1 unspecified atom stereocenters. The normalized spacial score (nSPS) is 17.7. The van der Waals surface area contributed by atoms with Gasteiger partial charge in [-0.25, -0.2) is 0 Å². The number of anilines is 1. The zero-order chi connectivity index (χ0) is 25.4. The Morgan fingerprint density at radius 3 is 2.26 bits per heavy atom. The Morgan fingerprint density at radius 2 is 1.69 bits per heavy atom. The van der Waals surface area contributed by atoms with Gasteiger partial charge in [0.1, 0.15) is 22.7 Å². The van der Waals surface area contributed by atoms with Crippen molar-refractivity contribution in [3.63, 3.8) is 0 Å². The first-order valence-corrected chi connectivity index (χ1v) is 11.5. The van der Waals surface area contributed by atoms with Gasteiger partial charge in [0, 0.05) is 30.2 Å². The number of fused-ring (bicyclic) bond motifs is 1. The molecule has 1 N–H and O–H groups in total. The maximum absolute atomic E-state index is 14.0. The third-order valence-corrected chi connectivity index (χ3v) is 6.30. The van der Waals surface area contributed by atoms with Gasteiger partial charge in [0.25, 0.3) is 5.91 Å². The lowest BCUT2D eigenvalue weighted by Crippen LogP contribution is -2.64. The van der Waals surface area contributed by atoms with Crippen molar-refractivity contribution in [2.75, 3.05) is 19.1 Å². The van der Waals surface area contributed by atoms with E-state index in [-0.39, 0.29) is 23.8 Å². The topological polar surface area (TPSA) is 85.7 Å². The summed E-state index contributed by atoms with van der Waals surface area (Å²) in [5, 5.41) is 7.72. The molecule has 0 spiro atoms. The SMILES string of the molecule is COc1cc(OC)cc(N2C(=O)c3cc(C(C)(C)C)nn3CC2(C)C(=O)NCc2ccccc2)c1. The highest BCUT2D eigenvalue weighted by atomic mass is 16.5. The lowest BCUT2D eigenvalue weighted by molar-refractivity contribution is -0.126. The van der Waals surface area contributed by atoms with Crippen molar-refractivity contribution in [2.45, 2.75) is 51.7 Å². The van der Waals surface area contributed by atoms with E-state index in [0.717, 1.165) is 11.3 Å². The van der Waals surface area contributed by atoms with Gasteiger partial charge >= 0.3 is 0 Å². The van der Waals surface area contributed by atoms with Crippen molar-refractivity contribution < 1.29 is 19.1 Å². The molecule has 2 heterocycles. The molecular formula is C27H32N4O4. The first kappa shape index (κ1) is 24.3. The number of carbonyl (C=O) groups excluding carboxylic acids is 2. The predicted octanol–water partition coefficient (Wildman–Crippen LogP) is 3.93. The highest BCUT2D eigenvalue weighted by Gasteiger charge is 2.49. The Kier molecular flexibility index (Phi) is 6.32. The second-order valence-corrected chi connectivity index (χ2v) is 9.98. The minimum absolute atomic E-state index is 0.199. The van der Waals surface area contributed by atoms with Crippen LogP contribution in [0.3, 0.4) is 0 Å². The first-order valence-electron chi connectivity index (χ1n) is 11.5. The molecule has 3 aromatic rings. The fourth-order valence-electron chi connectivity index (χ4n) is 4.24. The highest BCUT2D eigenvalue weighted by Crippen LogP contribution is 2.37. The largest absolute Gasteiger partial charge is 0.497 e. The Labute approximate surface area is 205 Å². The van der Waals surface area contributed by atoms with E-state index in [4.69, 9.17) is 14.6 Å². The van der Waals surface area contributed by atoms with E-state index >= 15 is 0 Å². The van der Waals surface area contributed by atoms with Crippen LogP contribution in [0, 0.1) is 0 Å². The van der Waals surface area contributed by atoms with Crippen LogP contribution in [0.4, 0.5) is 5.69 Å². The molecule has 0 aliphatic carbocycles. The van der Waals surface area contributed by atoms with Crippen molar-refractivity contribution in [1.82, 2.24) is 15.1 Å². The molecular weight excluding hydrogens is 444 g/mol. The maximum Gasteiger partial charge on any atom is 0.277 e. The van der Waals surface area contributed by atoms with E-state index in [2.05, 4.69) is 5.32 Å². The summed E-state index contributed by atoms with van der Waals surface area (Å²) in [6.07, 6.45) is 0. The maximum atomic E-state index is 14.0. The minimum Gasteiger partial charge on any atom is -0.497 e. The van der Waals surface area contributed by atoms with Gasteiger partial charge in [0.15, 0.2) is 0 Å². The zero-order valence-corrected chi connectivity index (χ0v) is 21.1. The molecule has 1 aromatic heterocycles. The molecule has 2 amide bonds. The molecule has 0 fully saturated rings. The van der Waals surface area contributed by atoms with Gasteiger partial charge in [0.2, 0.25) is 5.91 Å². The molecule has 4 rings (SSSR count). The number of carbonyl (C=O) groups is 2. The summed E-state index contributed by atoms with van der Waals surface area (Å²) in [5.41, 5.74) is 1.20. The van der Waals surface area contributed by atoms with Crippen LogP contribution in [0.1, 0.15) is 49.4 Å². The number of methoxy groups -OCH3 is 2. The quantitative estimate of drug-likeness (QED) is 0.583. The molecule has 1 aliphatic heterocycles. The molecule has 2 aromatic carbocycles. The van der Waals surface area contributed by atoms with Crippen LogP contribution < -0.4 is 19.7 Å². The summed E-state index contributed by atoms with van der Waals surface area (Å²) >= 11 is 0. The lowest BCUT2D eigenvalue weighted by atomic mass is 9.91. The van der Waals surface area contributed by atoms with Crippen molar-refractivity contribution in [3.8, 4) is 11.5 Å². The Balaban J connectivity index is 1.80. The number of amides is 2. The smallest absolute Gasteiger partial charge is 0.277 e. The Hall–Kier alpha value is -3.81. The first-order chi connectivity index (χ1) is 16.6. The van der Waals surface area contributed by atoms with Gasteiger partial charge in [0.05, 0.1) is 32.1 Å². The summed E-state index contributed by atoms with van der Waals surface area (Å²) in [7, 11) is 3.10. The van der Waals surface area contributed by atoms with Gasteiger partial charge in [-0.05, 0) is 18.6 Å². The van der Waals surface area contributed by atoms with Crippen molar-refractivity contribution >= 4 is 17.5 Å². The number of benzene rings is 2. The second-order valence-electron chi connectivity index (χ2n) is 9.98. The predicted molar refractivity (Wildman–Crippen MR) is 134 cm³/mol. The fourth-order valence-corrected chi connectivity index (χ4v) is 4.24. The van der Waals surface area contributed by atoms with Crippen LogP contribution in [-0.2, 0) is 23.3 Å². The second kappa shape index (κ2) is 9.09. The number of nitrogens with zero attached hydrogens (tertiary/aromatic N) is 3. The summed E-state index contributed by atoms with van der Waals surface area (Å²) in [4.78, 5) is 29.2. The Bertz CT molecular complexity index is 1220. The molecule has 8 heteroatoms. The number of rotatable bonds is 6. The molecule has 0 radical (unpaired) electrons. The standard InChI is InChI=1S/C27H32N4O4/c1-26(2,3)23-15-22-24(32)31(19-12-20(34-5)14-21(13-19)35-6)27(4,17-30(22)29-23)25(33)28-16-18-10-8-7-9-11-18/h7-15H,16-17H2,1-6H3,(H,28,33). The molecule has 35 heavy (non-hydrogen) atoms. The van der Waals surface area contributed by atoms with Crippen LogP contribution in [0.2, 0.25) is 0 Å². The summed E-state index contributed by atoms with van der Waals surface area (Å²) in [5.74, 6) is 0.448. The number of aromatic nitrogens is 2. The van der Waals surface area contributed by atoms with Crippen LogP contribution in [0.5, 0.6) is 11.5 Å². The minimum atomic E-state index is -1.25. The molecule has 184 valence electrons. The van der Waals surface area contributed by atoms with Crippen molar-refractivity contribution in [1.29, 1.82) is 0 Å². The van der Waals surface area contributed by atoms with Gasteiger partial charge in [-0.2, -0.15) is 5.10 Å². The molecule has 1 aliphatic rings. The monoisotopic (exact) mass is 476 g/mol. The zero-order valence-electron chi connectivity index (χ0n) is 21.1. The average Bonchev–Trinajstić information content (AvgIpc) is 3.27. The van der Waals surface area contributed by atoms with Gasteiger partial charge < -0.3 is 14.8 Å². The molecule has 1 atom stereocenters. The summed E-state index contributed by atoms with van der Waals surface area (Å²) in [6.45, 7) is 8.44. The number of ether oxygens (including phenoxy) is 2. The molecule has 0 saturated heterocycles. The van der Waals surface area contributed by atoms with Gasteiger partial charge in [-0.1, -0.05) is 51.1 Å². The van der Waals surface area contributed by atoms with Crippen LogP contribution >= 0.6 is 0 Å². The lowest BCUT2D eigenvalue weighted by Gasteiger charge is -2.43. The molecule has 8 nitrogen and oxygen atoms in total. The van der Waals surface area contributed by atoms with Crippen LogP contribution in [0.25, 0.3) is 0 Å². The summed E-state index contributed by atoms with van der Waals surface area (Å²) in [6, 6.07) is 16.7. The van der Waals surface area contributed by atoms with Crippen molar-refractivity contribution in [2.24, 2.45) is 0 Å². The van der Waals surface area contributed by atoms with Crippen molar-refractivity contribution in [3.05, 3.63) is 71.5 Å². The van der Waals surface area contributed by atoms with E-state index in [1.54, 1.807) is 44.0 Å².